The lowest BCUT2D eigenvalue weighted by Crippen LogP contribution is -2.43. The lowest BCUT2D eigenvalue weighted by molar-refractivity contribution is -0.0842. The van der Waals surface area contributed by atoms with Crippen molar-refractivity contribution in [2.24, 2.45) is 0 Å². The van der Waals surface area contributed by atoms with Gasteiger partial charge in [0.25, 0.3) is 0 Å². The quantitative estimate of drug-likeness (QED) is 0.801. The molecule has 1 aliphatic carbocycles. The highest BCUT2D eigenvalue weighted by Crippen LogP contribution is 2.36. The molecule has 1 saturated carbocycles. The molecular weight excluding hydrogens is 210 g/mol. The Kier molecular flexibility index (Phi) is 2.93. The fourth-order valence-corrected chi connectivity index (χ4v) is 2.28. The fraction of sp³-hybridized carbons (Fsp3) is 0.800. The van der Waals surface area contributed by atoms with Crippen LogP contribution in [0.2, 0.25) is 0 Å². The van der Waals surface area contributed by atoms with E-state index in [2.05, 4.69) is 21.7 Å². The molecule has 0 aliphatic heterocycles. The molecule has 0 amide bonds. The van der Waals surface area contributed by atoms with Gasteiger partial charge in [0.2, 0.25) is 0 Å². The molecule has 84 valence electrons. The summed E-state index contributed by atoms with van der Waals surface area (Å²) in [5.74, 6) is 1.02. The van der Waals surface area contributed by atoms with Gasteiger partial charge in [-0.15, -0.1) is 0 Å². The number of aryl methyl sites for hydroxylation is 1. The predicted molar refractivity (Wildman–Crippen MR) is 60.4 cm³/mol. The Bertz CT molecular complexity index is 386. The zero-order chi connectivity index (χ0) is 10.9. The van der Waals surface area contributed by atoms with E-state index in [0.29, 0.717) is 4.77 Å². The molecular formula is C10H17N3OS. The Morgan fingerprint density at radius 2 is 2.33 bits per heavy atom. The average molecular weight is 227 g/mol. The number of nitrogens with one attached hydrogen (secondary N) is 1. The van der Waals surface area contributed by atoms with Gasteiger partial charge in [-0.25, -0.2) is 0 Å². The molecule has 5 heteroatoms. The van der Waals surface area contributed by atoms with Crippen LogP contribution in [0.4, 0.5) is 0 Å². The third kappa shape index (κ3) is 1.86. The summed E-state index contributed by atoms with van der Waals surface area (Å²) in [5, 5.41) is 7.04. The minimum atomic E-state index is 0.00597. The Balaban J connectivity index is 2.22. The number of aromatic amines is 1. The molecule has 1 aromatic heterocycles. The van der Waals surface area contributed by atoms with Gasteiger partial charge in [0.05, 0.1) is 12.1 Å². The maximum Gasteiger partial charge on any atom is 0.195 e. The summed E-state index contributed by atoms with van der Waals surface area (Å²) in [6.07, 6.45) is 4.40. The van der Waals surface area contributed by atoms with Crippen molar-refractivity contribution in [1.29, 1.82) is 0 Å². The monoisotopic (exact) mass is 227 g/mol. The molecule has 15 heavy (non-hydrogen) atoms. The molecule has 4 nitrogen and oxygen atoms in total. The zero-order valence-electron chi connectivity index (χ0n) is 9.25. The SMILES string of the molecule is CCc1n[nH]c(=S)n1CC1(OC)CCC1. The number of hydrogen-bond acceptors (Lipinski definition) is 3. The number of hydrogen-bond donors (Lipinski definition) is 1. The van der Waals surface area contributed by atoms with E-state index in [1.54, 1.807) is 7.11 Å². The molecule has 1 heterocycles. The predicted octanol–water partition coefficient (Wildman–Crippen LogP) is 2.07. The highest BCUT2D eigenvalue weighted by molar-refractivity contribution is 7.71. The molecule has 1 fully saturated rings. The van der Waals surface area contributed by atoms with Crippen molar-refractivity contribution >= 4 is 12.2 Å². The van der Waals surface area contributed by atoms with Gasteiger partial charge in [0.15, 0.2) is 4.77 Å². The van der Waals surface area contributed by atoms with E-state index >= 15 is 0 Å². The van der Waals surface area contributed by atoms with Gasteiger partial charge in [-0.2, -0.15) is 5.10 Å². The largest absolute Gasteiger partial charge is 0.376 e. The second-order valence-corrected chi connectivity index (χ2v) is 4.51. The maximum absolute atomic E-state index is 5.59. The van der Waals surface area contributed by atoms with Crippen LogP contribution in [0.15, 0.2) is 0 Å². The Hall–Kier alpha value is -0.680. The van der Waals surface area contributed by atoms with Crippen molar-refractivity contribution < 1.29 is 4.74 Å². The Labute approximate surface area is 94.6 Å². The van der Waals surface area contributed by atoms with Crippen LogP contribution in [0.3, 0.4) is 0 Å². The third-order valence-electron chi connectivity index (χ3n) is 3.30. The van der Waals surface area contributed by atoms with Crippen LogP contribution in [0.1, 0.15) is 32.0 Å². The van der Waals surface area contributed by atoms with E-state index in [9.17, 15) is 0 Å². The summed E-state index contributed by atoms with van der Waals surface area (Å²) >= 11 is 5.22. The Morgan fingerprint density at radius 3 is 2.80 bits per heavy atom. The van der Waals surface area contributed by atoms with Crippen LogP contribution < -0.4 is 0 Å². The normalized spacial score (nSPS) is 18.8. The topological polar surface area (TPSA) is 42.8 Å². The number of methoxy groups -OCH3 is 1. The van der Waals surface area contributed by atoms with E-state index in [4.69, 9.17) is 17.0 Å². The molecule has 1 N–H and O–H groups in total. The molecule has 1 aliphatic rings. The maximum atomic E-state index is 5.59. The molecule has 1 aromatic rings. The summed E-state index contributed by atoms with van der Waals surface area (Å²) in [5.41, 5.74) is 0.00597. The molecule has 0 saturated heterocycles. The number of nitrogens with zero attached hydrogens (tertiary/aromatic N) is 2. The van der Waals surface area contributed by atoms with Crippen molar-refractivity contribution in [1.82, 2.24) is 14.8 Å². The van der Waals surface area contributed by atoms with Gasteiger partial charge in [-0.1, -0.05) is 6.92 Å². The molecule has 0 unspecified atom stereocenters. The first-order valence-electron chi connectivity index (χ1n) is 5.40. The molecule has 0 atom stereocenters. The first-order valence-corrected chi connectivity index (χ1v) is 5.81. The summed E-state index contributed by atoms with van der Waals surface area (Å²) in [4.78, 5) is 0. The summed E-state index contributed by atoms with van der Waals surface area (Å²) in [7, 11) is 1.79. The van der Waals surface area contributed by atoms with Crippen molar-refractivity contribution in [3.63, 3.8) is 0 Å². The van der Waals surface area contributed by atoms with Gasteiger partial charge in [-0.05, 0) is 31.5 Å². The van der Waals surface area contributed by atoms with Crippen LogP contribution in [-0.2, 0) is 17.7 Å². The number of aromatic nitrogens is 3. The summed E-state index contributed by atoms with van der Waals surface area (Å²) in [6.45, 7) is 2.92. The van der Waals surface area contributed by atoms with Crippen molar-refractivity contribution in [3.8, 4) is 0 Å². The second kappa shape index (κ2) is 4.06. The first-order chi connectivity index (χ1) is 7.21. The Morgan fingerprint density at radius 1 is 1.60 bits per heavy atom. The first kappa shape index (κ1) is 10.8. The van der Waals surface area contributed by atoms with Crippen molar-refractivity contribution in [2.75, 3.05) is 7.11 Å². The standard InChI is InChI=1S/C10H17N3OS/c1-3-8-11-12-9(15)13(8)7-10(14-2)5-4-6-10/h3-7H2,1-2H3,(H,12,15). The van der Waals surface area contributed by atoms with E-state index < -0.39 is 0 Å². The lowest BCUT2D eigenvalue weighted by Gasteiger charge is -2.40. The fourth-order valence-electron chi connectivity index (χ4n) is 2.07. The van der Waals surface area contributed by atoms with Crippen LogP contribution in [0.25, 0.3) is 0 Å². The average Bonchev–Trinajstić information content (AvgIpc) is 2.53. The minimum absolute atomic E-state index is 0.00597. The highest BCUT2D eigenvalue weighted by Gasteiger charge is 2.38. The number of H-pyrrole nitrogens is 1. The third-order valence-corrected chi connectivity index (χ3v) is 3.61. The van der Waals surface area contributed by atoms with Crippen LogP contribution in [0, 0.1) is 4.77 Å². The van der Waals surface area contributed by atoms with Crippen LogP contribution >= 0.6 is 12.2 Å². The summed E-state index contributed by atoms with van der Waals surface area (Å²) < 4.78 is 8.36. The lowest BCUT2D eigenvalue weighted by atomic mass is 9.80. The highest BCUT2D eigenvalue weighted by atomic mass is 32.1. The summed E-state index contributed by atoms with van der Waals surface area (Å²) in [6, 6.07) is 0. The smallest absolute Gasteiger partial charge is 0.195 e. The van der Waals surface area contributed by atoms with Crippen molar-refractivity contribution in [2.45, 2.75) is 44.8 Å². The second-order valence-electron chi connectivity index (χ2n) is 4.13. The van der Waals surface area contributed by atoms with Gasteiger partial charge in [-0.3, -0.25) is 5.10 Å². The van der Waals surface area contributed by atoms with Gasteiger partial charge < -0.3 is 9.30 Å². The van der Waals surface area contributed by atoms with E-state index in [-0.39, 0.29) is 5.60 Å². The molecule has 2 rings (SSSR count). The van der Waals surface area contributed by atoms with Crippen LogP contribution in [-0.4, -0.2) is 27.5 Å². The zero-order valence-corrected chi connectivity index (χ0v) is 10.1. The van der Waals surface area contributed by atoms with Crippen LogP contribution in [0.5, 0.6) is 0 Å². The van der Waals surface area contributed by atoms with E-state index in [1.165, 1.54) is 6.42 Å². The minimum Gasteiger partial charge on any atom is -0.376 e. The molecule has 0 radical (unpaired) electrons. The number of rotatable bonds is 4. The van der Waals surface area contributed by atoms with Crippen molar-refractivity contribution in [3.05, 3.63) is 10.6 Å². The molecule has 0 spiro atoms. The number of ether oxygens (including phenoxy) is 1. The van der Waals surface area contributed by atoms with Gasteiger partial charge >= 0.3 is 0 Å². The van der Waals surface area contributed by atoms with Gasteiger partial charge in [0, 0.05) is 13.5 Å². The van der Waals surface area contributed by atoms with E-state index in [0.717, 1.165) is 31.6 Å². The molecule has 0 bridgehead atoms. The molecule has 0 aromatic carbocycles. The van der Waals surface area contributed by atoms with Gasteiger partial charge in [0.1, 0.15) is 5.82 Å². The van der Waals surface area contributed by atoms with E-state index in [1.807, 2.05) is 0 Å².